The standard InChI is InChI=1S/C22H22FN3O3/c1-2-20(27)25-9-8-14-10-18(6-7-19(14)25)26-13-15(11-21(26)28)22(29)24-17-5-3-4-16(23)12-17/h3-7,10,12,15H,2,8-9,11,13H2,1H3,(H,24,29)/t15-/m1/s1. The van der Waals surface area contributed by atoms with Crippen molar-refractivity contribution in [1.82, 2.24) is 0 Å². The summed E-state index contributed by atoms with van der Waals surface area (Å²) in [7, 11) is 0. The molecule has 29 heavy (non-hydrogen) atoms. The Labute approximate surface area is 168 Å². The molecule has 1 saturated heterocycles. The molecule has 7 heteroatoms. The number of halogens is 1. The first-order chi connectivity index (χ1) is 14.0. The molecule has 2 aromatic carbocycles. The van der Waals surface area contributed by atoms with Gasteiger partial charge in [0, 0.05) is 43.0 Å². The summed E-state index contributed by atoms with van der Waals surface area (Å²) in [4.78, 5) is 40.5. The molecule has 2 aromatic rings. The maximum absolute atomic E-state index is 13.3. The van der Waals surface area contributed by atoms with Crippen molar-refractivity contribution < 1.29 is 18.8 Å². The second-order valence-electron chi connectivity index (χ2n) is 7.37. The van der Waals surface area contributed by atoms with E-state index in [0.29, 0.717) is 18.7 Å². The number of carbonyl (C=O) groups excluding carboxylic acids is 3. The molecule has 0 aromatic heterocycles. The predicted molar refractivity (Wildman–Crippen MR) is 108 cm³/mol. The van der Waals surface area contributed by atoms with Crippen LogP contribution in [0.3, 0.4) is 0 Å². The lowest BCUT2D eigenvalue weighted by Crippen LogP contribution is -2.28. The molecule has 6 nitrogen and oxygen atoms in total. The van der Waals surface area contributed by atoms with Crippen LogP contribution < -0.4 is 15.1 Å². The lowest BCUT2D eigenvalue weighted by molar-refractivity contribution is -0.122. The Kier molecular flexibility index (Phi) is 5.05. The first-order valence-electron chi connectivity index (χ1n) is 9.76. The SMILES string of the molecule is CCC(=O)N1CCc2cc(N3C[C@H](C(=O)Nc4cccc(F)c4)CC3=O)ccc21. The summed E-state index contributed by atoms with van der Waals surface area (Å²) < 4.78 is 13.3. The van der Waals surface area contributed by atoms with Crippen molar-refractivity contribution in [3.8, 4) is 0 Å². The highest BCUT2D eigenvalue weighted by molar-refractivity contribution is 6.04. The summed E-state index contributed by atoms with van der Waals surface area (Å²) in [6.45, 7) is 2.76. The first-order valence-corrected chi connectivity index (χ1v) is 9.76. The fourth-order valence-corrected chi connectivity index (χ4v) is 3.95. The van der Waals surface area contributed by atoms with Crippen LogP contribution in [0.1, 0.15) is 25.3 Å². The molecule has 0 unspecified atom stereocenters. The number of amides is 3. The fraction of sp³-hybridized carbons (Fsp3) is 0.318. The molecule has 1 N–H and O–H groups in total. The fourth-order valence-electron chi connectivity index (χ4n) is 3.95. The maximum Gasteiger partial charge on any atom is 0.229 e. The van der Waals surface area contributed by atoms with Crippen molar-refractivity contribution in [2.75, 3.05) is 28.2 Å². The Hall–Kier alpha value is -3.22. The molecule has 4 rings (SSSR count). The normalized spacial score (nSPS) is 18.1. The van der Waals surface area contributed by atoms with Gasteiger partial charge in [0.15, 0.2) is 0 Å². The van der Waals surface area contributed by atoms with Gasteiger partial charge in [-0.3, -0.25) is 14.4 Å². The Balaban J connectivity index is 1.47. The number of carbonyl (C=O) groups is 3. The van der Waals surface area contributed by atoms with E-state index >= 15 is 0 Å². The zero-order valence-electron chi connectivity index (χ0n) is 16.2. The lowest BCUT2D eigenvalue weighted by atomic mass is 10.1. The second-order valence-corrected chi connectivity index (χ2v) is 7.37. The van der Waals surface area contributed by atoms with E-state index in [4.69, 9.17) is 0 Å². The summed E-state index contributed by atoms with van der Waals surface area (Å²) in [5, 5.41) is 2.68. The molecular formula is C22H22FN3O3. The van der Waals surface area contributed by atoms with E-state index in [1.165, 1.54) is 18.2 Å². The largest absolute Gasteiger partial charge is 0.326 e. The van der Waals surface area contributed by atoms with Crippen molar-refractivity contribution in [3.63, 3.8) is 0 Å². The molecule has 2 aliphatic rings. The highest BCUT2D eigenvalue weighted by Crippen LogP contribution is 2.34. The maximum atomic E-state index is 13.3. The summed E-state index contributed by atoms with van der Waals surface area (Å²) in [5.74, 6) is -1.27. The minimum Gasteiger partial charge on any atom is -0.326 e. The van der Waals surface area contributed by atoms with Gasteiger partial charge in [0.1, 0.15) is 5.82 Å². The number of benzene rings is 2. The van der Waals surface area contributed by atoms with Crippen molar-refractivity contribution in [3.05, 3.63) is 53.8 Å². The van der Waals surface area contributed by atoms with Gasteiger partial charge in [-0.1, -0.05) is 13.0 Å². The van der Waals surface area contributed by atoms with Crippen LogP contribution >= 0.6 is 0 Å². The van der Waals surface area contributed by atoms with Crippen LogP contribution in [0.4, 0.5) is 21.5 Å². The number of hydrogen-bond acceptors (Lipinski definition) is 3. The molecule has 0 saturated carbocycles. The van der Waals surface area contributed by atoms with Gasteiger partial charge in [-0.15, -0.1) is 0 Å². The summed E-state index contributed by atoms with van der Waals surface area (Å²) in [6.07, 6.45) is 1.31. The number of rotatable bonds is 4. The third kappa shape index (κ3) is 3.72. The quantitative estimate of drug-likeness (QED) is 0.865. The van der Waals surface area contributed by atoms with E-state index in [1.807, 2.05) is 25.1 Å². The molecule has 0 aliphatic carbocycles. The van der Waals surface area contributed by atoms with Gasteiger partial charge < -0.3 is 15.1 Å². The monoisotopic (exact) mass is 395 g/mol. The Morgan fingerprint density at radius 1 is 1.21 bits per heavy atom. The number of nitrogens with zero attached hydrogens (tertiary/aromatic N) is 2. The number of nitrogens with one attached hydrogen (secondary N) is 1. The number of hydrogen-bond donors (Lipinski definition) is 1. The van der Waals surface area contributed by atoms with Crippen molar-refractivity contribution in [1.29, 1.82) is 0 Å². The smallest absolute Gasteiger partial charge is 0.229 e. The van der Waals surface area contributed by atoms with Crippen LogP contribution in [0.15, 0.2) is 42.5 Å². The molecular weight excluding hydrogens is 373 g/mol. The molecule has 0 radical (unpaired) electrons. The minimum atomic E-state index is -0.503. The summed E-state index contributed by atoms with van der Waals surface area (Å²) in [6, 6.07) is 11.3. The summed E-state index contributed by atoms with van der Waals surface area (Å²) in [5.41, 5.74) is 3.04. The van der Waals surface area contributed by atoms with E-state index in [0.717, 1.165) is 23.4 Å². The topological polar surface area (TPSA) is 69.7 Å². The van der Waals surface area contributed by atoms with E-state index in [2.05, 4.69) is 5.32 Å². The van der Waals surface area contributed by atoms with Crippen molar-refractivity contribution >= 4 is 34.8 Å². The number of anilines is 3. The van der Waals surface area contributed by atoms with Gasteiger partial charge in [-0.2, -0.15) is 0 Å². The average molecular weight is 395 g/mol. The molecule has 0 spiro atoms. The van der Waals surface area contributed by atoms with Crippen LogP contribution in [0.25, 0.3) is 0 Å². The van der Waals surface area contributed by atoms with Crippen LogP contribution in [-0.4, -0.2) is 30.8 Å². The average Bonchev–Trinajstić information content (AvgIpc) is 3.30. The molecule has 3 amide bonds. The Bertz CT molecular complexity index is 991. The van der Waals surface area contributed by atoms with Crippen molar-refractivity contribution in [2.24, 2.45) is 5.92 Å². The van der Waals surface area contributed by atoms with Crippen LogP contribution in [0.5, 0.6) is 0 Å². The van der Waals surface area contributed by atoms with E-state index < -0.39 is 11.7 Å². The highest BCUT2D eigenvalue weighted by Gasteiger charge is 2.36. The Morgan fingerprint density at radius 3 is 2.79 bits per heavy atom. The third-order valence-corrected chi connectivity index (χ3v) is 5.46. The highest BCUT2D eigenvalue weighted by atomic mass is 19.1. The van der Waals surface area contributed by atoms with Crippen LogP contribution in [0.2, 0.25) is 0 Å². The van der Waals surface area contributed by atoms with Gasteiger partial charge >= 0.3 is 0 Å². The zero-order chi connectivity index (χ0) is 20.5. The van der Waals surface area contributed by atoms with E-state index in [-0.39, 0.29) is 30.7 Å². The molecule has 2 heterocycles. The molecule has 1 atom stereocenters. The third-order valence-electron chi connectivity index (χ3n) is 5.46. The van der Waals surface area contributed by atoms with Gasteiger partial charge in [-0.25, -0.2) is 4.39 Å². The molecule has 2 aliphatic heterocycles. The molecule has 0 bridgehead atoms. The van der Waals surface area contributed by atoms with E-state index in [9.17, 15) is 18.8 Å². The first kappa shape index (κ1) is 19.1. The van der Waals surface area contributed by atoms with Gasteiger partial charge in [-0.05, 0) is 48.4 Å². The minimum absolute atomic E-state index is 0.0860. The van der Waals surface area contributed by atoms with Crippen molar-refractivity contribution in [2.45, 2.75) is 26.2 Å². The van der Waals surface area contributed by atoms with Gasteiger partial charge in [0.25, 0.3) is 0 Å². The molecule has 150 valence electrons. The van der Waals surface area contributed by atoms with Crippen LogP contribution in [-0.2, 0) is 20.8 Å². The number of fused-ring (bicyclic) bond motifs is 1. The zero-order valence-corrected chi connectivity index (χ0v) is 16.2. The lowest BCUT2D eigenvalue weighted by Gasteiger charge is -2.20. The van der Waals surface area contributed by atoms with E-state index in [1.54, 1.807) is 15.9 Å². The predicted octanol–water partition coefficient (Wildman–Crippen LogP) is 3.12. The summed E-state index contributed by atoms with van der Waals surface area (Å²) >= 11 is 0. The van der Waals surface area contributed by atoms with Crippen LogP contribution in [0, 0.1) is 11.7 Å². The second kappa shape index (κ2) is 7.66. The van der Waals surface area contributed by atoms with Gasteiger partial charge in [0.05, 0.1) is 5.92 Å². The van der Waals surface area contributed by atoms with Gasteiger partial charge in [0.2, 0.25) is 17.7 Å². The Morgan fingerprint density at radius 2 is 2.03 bits per heavy atom. The molecule has 1 fully saturated rings.